The third-order valence-electron chi connectivity index (χ3n) is 0.948. The van der Waals surface area contributed by atoms with Crippen molar-refractivity contribution in [2.24, 2.45) is 0 Å². The van der Waals surface area contributed by atoms with Crippen LogP contribution < -0.4 is 0 Å². The molecule has 0 amide bonds. The van der Waals surface area contributed by atoms with Gasteiger partial charge in [0.15, 0.2) is 0 Å². The van der Waals surface area contributed by atoms with Crippen LogP contribution in [0.1, 0.15) is 18.4 Å². The Labute approximate surface area is 79.9 Å². The minimum Gasteiger partial charge on any atom is -0.403 e. The van der Waals surface area contributed by atoms with Gasteiger partial charge in [0.05, 0.1) is 0 Å². The minimum absolute atomic E-state index is 0. The summed E-state index contributed by atoms with van der Waals surface area (Å²) in [5.74, 6) is 0.766. The van der Waals surface area contributed by atoms with Crippen molar-refractivity contribution in [1.82, 2.24) is 5.16 Å². The molecule has 0 saturated carbocycles. The van der Waals surface area contributed by atoms with E-state index in [1.807, 2.05) is 13.8 Å². The van der Waals surface area contributed by atoms with Crippen LogP contribution in [0.3, 0.4) is 0 Å². The summed E-state index contributed by atoms with van der Waals surface area (Å²) in [6.07, 6.45) is 0.900. The van der Waals surface area contributed by atoms with Gasteiger partial charge >= 0.3 is 0 Å². The Morgan fingerprint density at radius 1 is 1.67 bits per heavy atom. The molecule has 0 bridgehead atoms. The molecule has 1 aromatic heterocycles. The monoisotopic (exact) mass is 199 g/mol. The maximum absolute atomic E-state index is 4.75. The summed E-state index contributed by atoms with van der Waals surface area (Å²) >= 11 is 0. The van der Waals surface area contributed by atoms with Crippen LogP contribution in [0.2, 0.25) is 0 Å². The van der Waals surface area contributed by atoms with Gasteiger partial charge in [-0.15, -0.1) is 5.16 Å². The molecule has 0 atom stereocenters. The topological polar surface area (TPSA) is 26.0 Å². The summed E-state index contributed by atoms with van der Waals surface area (Å²) in [6, 6.07) is 2.95. The summed E-state index contributed by atoms with van der Waals surface area (Å²) in [6.45, 7) is 3.86. The zero-order chi connectivity index (χ0) is 5.98. The molecule has 0 spiro atoms. The summed E-state index contributed by atoms with van der Waals surface area (Å²) in [5.41, 5.74) is 0.905. The van der Waals surface area contributed by atoms with Crippen LogP contribution in [-0.4, -0.2) is 5.16 Å². The van der Waals surface area contributed by atoms with Crippen molar-refractivity contribution >= 4 is 0 Å². The fourth-order valence-electron chi connectivity index (χ4n) is 0.525. The number of nitrogens with zero attached hydrogens (tertiary/aromatic N) is 1. The van der Waals surface area contributed by atoms with E-state index in [1.54, 1.807) is 0 Å². The van der Waals surface area contributed by atoms with Crippen LogP contribution in [0, 0.1) is 13.0 Å². The zero-order valence-corrected chi connectivity index (χ0v) is 8.48. The smallest absolute Gasteiger partial charge is 0 e. The first kappa shape index (κ1) is 9.31. The molecule has 47 valence electrons. The summed E-state index contributed by atoms with van der Waals surface area (Å²) in [5, 5.41) is 3.70. The number of hydrogen-bond donors (Lipinski definition) is 0. The summed E-state index contributed by atoms with van der Waals surface area (Å²) < 4.78 is 4.75. The third kappa shape index (κ3) is 2.59. The SMILES string of the molecule is CCc1[c-]c(C)on1.[Y]. The average molecular weight is 199 g/mol. The number of aryl methyl sites for hydroxylation is 2. The zero-order valence-electron chi connectivity index (χ0n) is 5.64. The first-order valence-electron chi connectivity index (χ1n) is 2.67. The molecule has 1 radical (unpaired) electrons. The normalized spacial score (nSPS) is 8.67. The largest absolute Gasteiger partial charge is 0.403 e. The van der Waals surface area contributed by atoms with Crippen LogP contribution in [0.25, 0.3) is 0 Å². The first-order chi connectivity index (χ1) is 3.83. The van der Waals surface area contributed by atoms with Gasteiger partial charge in [0, 0.05) is 32.7 Å². The fraction of sp³-hybridized carbons (Fsp3) is 0.500. The van der Waals surface area contributed by atoms with Crippen molar-refractivity contribution in [1.29, 1.82) is 0 Å². The van der Waals surface area contributed by atoms with E-state index < -0.39 is 0 Å². The van der Waals surface area contributed by atoms with E-state index in [0.29, 0.717) is 0 Å². The Bertz CT molecular complexity index is 173. The van der Waals surface area contributed by atoms with Crippen molar-refractivity contribution < 1.29 is 37.2 Å². The molecule has 0 saturated heterocycles. The van der Waals surface area contributed by atoms with Crippen molar-refractivity contribution in [3.05, 3.63) is 17.5 Å². The quantitative estimate of drug-likeness (QED) is 0.638. The van der Waals surface area contributed by atoms with Crippen LogP contribution in [0.4, 0.5) is 0 Å². The maximum atomic E-state index is 4.75. The van der Waals surface area contributed by atoms with E-state index in [9.17, 15) is 0 Å². The second-order valence-electron chi connectivity index (χ2n) is 1.66. The second kappa shape index (κ2) is 4.18. The summed E-state index contributed by atoms with van der Waals surface area (Å²) in [7, 11) is 0. The van der Waals surface area contributed by atoms with E-state index in [-0.39, 0.29) is 32.7 Å². The van der Waals surface area contributed by atoms with Gasteiger partial charge < -0.3 is 10.6 Å². The third-order valence-corrected chi connectivity index (χ3v) is 0.948. The predicted molar refractivity (Wildman–Crippen MR) is 29.5 cm³/mol. The standard InChI is InChI=1S/C6H8NO.Y/c1-3-6-4-5(2)8-7-6;/h3H2,1-2H3;/q-1;. The van der Waals surface area contributed by atoms with Crippen LogP contribution in [0.5, 0.6) is 0 Å². The molecular formula is C6H8NOY-. The van der Waals surface area contributed by atoms with Gasteiger partial charge in [-0.2, -0.15) is 0 Å². The average Bonchev–Trinajstić information content (AvgIpc) is 2.14. The Kier molecular flexibility index (Phi) is 4.33. The number of aromatic nitrogens is 1. The number of hydrogen-bond acceptors (Lipinski definition) is 2. The predicted octanol–water partition coefficient (Wildman–Crippen LogP) is 1.34. The molecule has 0 aliphatic carbocycles. The Hall–Kier alpha value is 0.314. The first-order valence-corrected chi connectivity index (χ1v) is 2.67. The molecule has 0 aromatic carbocycles. The van der Waals surface area contributed by atoms with Gasteiger partial charge in [0.2, 0.25) is 0 Å². The maximum Gasteiger partial charge on any atom is 0 e. The minimum atomic E-state index is 0. The molecular weight excluding hydrogens is 191 g/mol. The van der Waals surface area contributed by atoms with Crippen LogP contribution in [0.15, 0.2) is 4.52 Å². The Morgan fingerprint density at radius 2 is 2.33 bits per heavy atom. The van der Waals surface area contributed by atoms with Gasteiger partial charge in [-0.3, -0.25) is 0 Å². The molecule has 1 heterocycles. The van der Waals surface area contributed by atoms with Crippen molar-refractivity contribution in [2.75, 3.05) is 0 Å². The van der Waals surface area contributed by atoms with E-state index in [4.69, 9.17) is 4.52 Å². The van der Waals surface area contributed by atoms with E-state index in [0.717, 1.165) is 17.9 Å². The van der Waals surface area contributed by atoms with Crippen molar-refractivity contribution in [3.63, 3.8) is 0 Å². The molecule has 0 fully saturated rings. The second-order valence-corrected chi connectivity index (χ2v) is 1.66. The molecule has 2 nitrogen and oxygen atoms in total. The van der Waals surface area contributed by atoms with E-state index in [2.05, 4.69) is 11.2 Å². The Balaban J connectivity index is 0.000000640. The van der Waals surface area contributed by atoms with E-state index >= 15 is 0 Å². The van der Waals surface area contributed by atoms with Crippen LogP contribution >= 0.6 is 0 Å². The van der Waals surface area contributed by atoms with Gasteiger partial charge in [-0.05, 0) is 19.1 Å². The summed E-state index contributed by atoms with van der Waals surface area (Å²) in [4.78, 5) is 0. The van der Waals surface area contributed by atoms with Gasteiger partial charge in [0.1, 0.15) is 0 Å². The van der Waals surface area contributed by atoms with Gasteiger partial charge in [-0.1, -0.05) is 12.6 Å². The Morgan fingerprint density at radius 3 is 2.56 bits per heavy atom. The molecule has 0 unspecified atom stereocenters. The molecule has 0 aliphatic rings. The van der Waals surface area contributed by atoms with E-state index in [1.165, 1.54) is 0 Å². The molecule has 9 heavy (non-hydrogen) atoms. The van der Waals surface area contributed by atoms with Gasteiger partial charge in [-0.25, -0.2) is 0 Å². The molecule has 3 heteroatoms. The molecule has 0 aliphatic heterocycles. The van der Waals surface area contributed by atoms with Gasteiger partial charge in [0.25, 0.3) is 0 Å². The fourth-order valence-corrected chi connectivity index (χ4v) is 0.525. The molecule has 0 N–H and O–H groups in total. The number of rotatable bonds is 1. The molecule has 1 rings (SSSR count). The molecule has 1 aromatic rings. The van der Waals surface area contributed by atoms with Crippen LogP contribution in [-0.2, 0) is 39.1 Å². The van der Waals surface area contributed by atoms with Crippen molar-refractivity contribution in [3.8, 4) is 0 Å². The van der Waals surface area contributed by atoms with Crippen molar-refractivity contribution in [2.45, 2.75) is 20.3 Å².